The van der Waals surface area contributed by atoms with Gasteiger partial charge in [-0.15, -0.1) is 0 Å². The van der Waals surface area contributed by atoms with Crippen molar-refractivity contribution in [2.45, 2.75) is 19.4 Å². The maximum Gasteiger partial charge on any atom is 0.292 e. The van der Waals surface area contributed by atoms with Crippen LogP contribution in [0, 0.1) is 16.0 Å². The van der Waals surface area contributed by atoms with Gasteiger partial charge in [0.25, 0.3) is 5.69 Å². The predicted molar refractivity (Wildman–Crippen MR) is 114 cm³/mol. The molecule has 0 N–H and O–H groups in total. The molecule has 1 aromatic carbocycles. The number of carbonyl (C=O) groups is 1. The summed E-state index contributed by atoms with van der Waals surface area (Å²) in [5.74, 6) is 0.247. The number of nitro benzene ring substituents is 1. The van der Waals surface area contributed by atoms with E-state index in [2.05, 4.69) is 9.88 Å². The van der Waals surface area contributed by atoms with Crippen molar-refractivity contribution in [1.82, 2.24) is 14.8 Å². The fourth-order valence-corrected chi connectivity index (χ4v) is 4.38. The van der Waals surface area contributed by atoms with Gasteiger partial charge in [0.2, 0.25) is 5.91 Å². The lowest BCUT2D eigenvalue weighted by Gasteiger charge is -2.39. The predicted octanol–water partition coefficient (Wildman–Crippen LogP) is 2.55. The number of amides is 1. The topological polar surface area (TPSA) is 82.8 Å². The van der Waals surface area contributed by atoms with Crippen molar-refractivity contribution in [3.63, 3.8) is 0 Å². The van der Waals surface area contributed by atoms with Gasteiger partial charge in [-0.3, -0.25) is 24.8 Å². The summed E-state index contributed by atoms with van der Waals surface area (Å²) in [5.41, 5.74) is 2.03. The van der Waals surface area contributed by atoms with Gasteiger partial charge in [-0.1, -0.05) is 12.1 Å². The molecule has 0 aliphatic carbocycles. The first-order valence-corrected chi connectivity index (χ1v) is 10.5. The molecule has 2 fully saturated rings. The van der Waals surface area contributed by atoms with Crippen molar-refractivity contribution in [3.05, 3.63) is 64.5 Å². The summed E-state index contributed by atoms with van der Waals surface area (Å²) in [4.78, 5) is 34.4. The highest BCUT2D eigenvalue weighted by molar-refractivity contribution is 5.79. The third-order valence-electron chi connectivity index (χ3n) is 6.10. The number of pyridine rings is 1. The molecule has 2 aromatic rings. The van der Waals surface area contributed by atoms with Crippen molar-refractivity contribution < 1.29 is 9.72 Å². The fraction of sp³-hybridized carbons (Fsp3) is 0.455. The monoisotopic (exact) mass is 409 g/mol. The molecular weight excluding hydrogens is 382 g/mol. The maximum absolute atomic E-state index is 13.0. The Balaban J connectivity index is 1.28. The highest BCUT2D eigenvalue weighted by atomic mass is 16.6. The average Bonchev–Trinajstić information content (AvgIpc) is 2.80. The standard InChI is InChI=1S/C22H27N5O3/c28-22(26-15-13-24(14-16-26)17-18-5-9-23-10-6-18)19-7-11-25(12-8-19)20-3-1-2-4-21(20)27(29)30/h1-6,9-10,19H,7-8,11-17H2. The first-order valence-electron chi connectivity index (χ1n) is 10.5. The van der Waals surface area contributed by atoms with E-state index < -0.39 is 0 Å². The third kappa shape index (κ3) is 4.59. The summed E-state index contributed by atoms with van der Waals surface area (Å²) in [6.07, 6.45) is 5.10. The number of anilines is 1. The first-order chi connectivity index (χ1) is 14.6. The number of hydrogen-bond donors (Lipinski definition) is 0. The van der Waals surface area contributed by atoms with Crippen LogP contribution < -0.4 is 4.90 Å². The molecule has 0 saturated carbocycles. The van der Waals surface area contributed by atoms with E-state index in [1.165, 1.54) is 11.6 Å². The largest absolute Gasteiger partial charge is 0.366 e. The number of hydrogen-bond acceptors (Lipinski definition) is 6. The zero-order valence-electron chi connectivity index (χ0n) is 17.0. The van der Waals surface area contributed by atoms with Crippen LogP contribution in [-0.4, -0.2) is 64.9 Å². The number of piperazine rings is 1. The molecule has 4 rings (SSSR count). The van der Waals surface area contributed by atoms with E-state index in [-0.39, 0.29) is 22.4 Å². The highest BCUT2D eigenvalue weighted by Crippen LogP contribution is 2.31. The molecule has 30 heavy (non-hydrogen) atoms. The molecule has 2 aliphatic rings. The summed E-state index contributed by atoms with van der Waals surface area (Å²) in [6, 6.07) is 10.9. The fourth-order valence-electron chi connectivity index (χ4n) is 4.38. The minimum atomic E-state index is -0.335. The molecule has 8 heteroatoms. The second-order valence-corrected chi connectivity index (χ2v) is 7.96. The number of nitrogens with zero attached hydrogens (tertiary/aromatic N) is 5. The van der Waals surface area contributed by atoms with Gasteiger partial charge in [0, 0.05) is 70.2 Å². The van der Waals surface area contributed by atoms with E-state index >= 15 is 0 Å². The van der Waals surface area contributed by atoms with Gasteiger partial charge in [0.1, 0.15) is 5.69 Å². The summed E-state index contributed by atoms with van der Waals surface area (Å²) in [6.45, 7) is 5.50. The van der Waals surface area contributed by atoms with Crippen molar-refractivity contribution in [3.8, 4) is 0 Å². The Morgan fingerprint density at radius 2 is 1.67 bits per heavy atom. The van der Waals surface area contributed by atoms with Crippen molar-refractivity contribution in [2.24, 2.45) is 5.92 Å². The van der Waals surface area contributed by atoms with Crippen LogP contribution in [0.25, 0.3) is 0 Å². The molecule has 2 saturated heterocycles. The van der Waals surface area contributed by atoms with Gasteiger partial charge < -0.3 is 9.80 Å². The van der Waals surface area contributed by atoms with Crippen molar-refractivity contribution in [1.29, 1.82) is 0 Å². The van der Waals surface area contributed by atoms with Crippen molar-refractivity contribution >= 4 is 17.3 Å². The Labute approximate surface area is 176 Å². The number of benzene rings is 1. The van der Waals surface area contributed by atoms with E-state index in [0.717, 1.165) is 45.6 Å². The molecule has 3 heterocycles. The molecule has 0 radical (unpaired) electrons. The van der Waals surface area contributed by atoms with Gasteiger partial charge in [-0.05, 0) is 36.6 Å². The minimum absolute atomic E-state index is 0.00997. The van der Waals surface area contributed by atoms with Gasteiger partial charge >= 0.3 is 0 Å². The van der Waals surface area contributed by atoms with Gasteiger partial charge in [-0.25, -0.2) is 0 Å². The van der Waals surface area contributed by atoms with E-state index in [0.29, 0.717) is 18.8 Å². The van der Waals surface area contributed by atoms with Crippen LogP contribution in [0.5, 0.6) is 0 Å². The molecule has 8 nitrogen and oxygen atoms in total. The lowest BCUT2D eigenvalue weighted by atomic mass is 9.94. The molecule has 0 atom stereocenters. The van der Waals surface area contributed by atoms with E-state index in [9.17, 15) is 14.9 Å². The lowest BCUT2D eigenvalue weighted by molar-refractivity contribution is -0.384. The summed E-state index contributed by atoms with van der Waals surface area (Å²) in [7, 11) is 0. The van der Waals surface area contributed by atoms with Crippen LogP contribution in [0.15, 0.2) is 48.8 Å². The van der Waals surface area contributed by atoms with Gasteiger partial charge in [0.15, 0.2) is 0 Å². The molecular formula is C22H27N5O3. The Kier molecular flexibility index (Phi) is 6.23. The second-order valence-electron chi connectivity index (χ2n) is 7.96. The van der Waals surface area contributed by atoms with Crippen LogP contribution in [0.2, 0.25) is 0 Å². The average molecular weight is 409 g/mol. The summed E-state index contributed by atoms with van der Waals surface area (Å²) >= 11 is 0. The molecule has 2 aliphatic heterocycles. The van der Waals surface area contributed by atoms with Crippen LogP contribution in [0.4, 0.5) is 11.4 Å². The van der Waals surface area contributed by atoms with E-state index in [1.54, 1.807) is 12.1 Å². The zero-order chi connectivity index (χ0) is 20.9. The van der Waals surface area contributed by atoms with Crippen LogP contribution >= 0.6 is 0 Å². The Morgan fingerprint density at radius 3 is 2.33 bits per heavy atom. The highest BCUT2D eigenvalue weighted by Gasteiger charge is 2.31. The number of para-hydroxylation sites is 2. The smallest absolute Gasteiger partial charge is 0.292 e. The third-order valence-corrected chi connectivity index (χ3v) is 6.10. The SMILES string of the molecule is O=C(C1CCN(c2ccccc2[N+](=O)[O-])CC1)N1CCN(Cc2ccncc2)CC1. The number of carbonyl (C=O) groups excluding carboxylic acids is 1. The number of aromatic nitrogens is 1. The normalized spacial score (nSPS) is 18.4. The lowest BCUT2D eigenvalue weighted by Crippen LogP contribution is -2.51. The molecule has 0 unspecified atom stereocenters. The number of nitro groups is 1. The molecule has 0 spiro atoms. The molecule has 0 bridgehead atoms. The summed E-state index contributed by atoms with van der Waals surface area (Å²) < 4.78 is 0. The molecule has 1 aromatic heterocycles. The summed E-state index contributed by atoms with van der Waals surface area (Å²) in [5, 5.41) is 11.3. The Bertz CT molecular complexity index is 875. The second kappa shape index (κ2) is 9.21. The van der Waals surface area contributed by atoms with Gasteiger partial charge in [0.05, 0.1) is 4.92 Å². The van der Waals surface area contributed by atoms with E-state index in [1.807, 2.05) is 40.4 Å². The molecule has 1 amide bonds. The van der Waals surface area contributed by atoms with Gasteiger partial charge in [-0.2, -0.15) is 0 Å². The maximum atomic E-state index is 13.0. The quantitative estimate of drug-likeness (QED) is 0.558. The minimum Gasteiger partial charge on any atom is -0.366 e. The number of rotatable bonds is 5. The Morgan fingerprint density at radius 1 is 1.00 bits per heavy atom. The van der Waals surface area contributed by atoms with Crippen LogP contribution in [0.1, 0.15) is 18.4 Å². The Hall–Kier alpha value is -3.00. The van der Waals surface area contributed by atoms with E-state index in [4.69, 9.17) is 0 Å². The van der Waals surface area contributed by atoms with Crippen molar-refractivity contribution in [2.75, 3.05) is 44.2 Å². The van der Waals surface area contributed by atoms with Crippen LogP contribution in [0.3, 0.4) is 0 Å². The zero-order valence-corrected chi connectivity index (χ0v) is 17.0. The number of piperidine rings is 1. The molecule has 158 valence electrons. The first kappa shape index (κ1) is 20.3. The van der Waals surface area contributed by atoms with Crippen LogP contribution in [-0.2, 0) is 11.3 Å².